The van der Waals surface area contributed by atoms with Gasteiger partial charge in [-0.2, -0.15) is 0 Å². The van der Waals surface area contributed by atoms with Gasteiger partial charge in [0.15, 0.2) is 0 Å². The number of rotatable bonds is 2. The van der Waals surface area contributed by atoms with Crippen LogP contribution in [0.25, 0.3) is 0 Å². The van der Waals surface area contributed by atoms with Gasteiger partial charge in [-0.25, -0.2) is 0 Å². The van der Waals surface area contributed by atoms with Crippen molar-refractivity contribution in [1.82, 2.24) is 0 Å². The SMILES string of the molecule is C[Si](C1CCC2C3CCCC4CCC(CC21)C43)C1CCC2C3CCCC4CCC(CC21)C43. The van der Waals surface area contributed by atoms with Crippen molar-refractivity contribution in [3.63, 3.8) is 0 Å². The third-order valence-electron chi connectivity index (χ3n) is 14.4. The minimum absolute atomic E-state index is 0.192. The summed E-state index contributed by atoms with van der Waals surface area (Å²) in [5.41, 5.74) is 2.44. The molecule has 0 amide bonds. The molecule has 14 atom stereocenters. The predicted molar refractivity (Wildman–Crippen MR) is 135 cm³/mol. The molecule has 8 aliphatic carbocycles. The Labute approximate surface area is 200 Å². The first kappa shape index (κ1) is 20.4. The smallest absolute Gasteiger partial charge is 0.0518 e. The van der Waals surface area contributed by atoms with E-state index in [4.69, 9.17) is 0 Å². The van der Waals surface area contributed by atoms with E-state index in [-0.39, 0.29) is 8.80 Å². The Morgan fingerprint density at radius 1 is 0.406 bits per heavy atom. The molecule has 0 aromatic carbocycles. The van der Waals surface area contributed by atoms with Crippen LogP contribution in [0.4, 0.5) is 0 Å². The quantitative estimate of drug-likeness (QED) is 0.370. The molecule has 0 aromatic heterocycles. The van der Waals surface area contributed by atoms with Crippen molar-refractivity contribution in [1.29, 1.82) is 0 Å². The predicted octanol–water partition coefficient (Wildman–Crippen LogP) is 8.60. The van der Waals surface area contributed by atoms with Gasteiger partial charge in [0.1, 0.15) is 0 Å². The first-order chi connectivity index (χ1) is 15.8. The van der Waals surface area contributed by atoms with E-state index in [1.54, 1.807) is 103 Å². The number of hydrogen-bond donors (Lipinski definition) is 0. The van der Waals surface area contributed by atoms with Gasteiger partial charge in [0.05, 0.1) is 8.80 Å². The summed E-state index contributed by atoms with van der Waals surface area (Å²) in [6.45, 7) is 2.90. The second kappa shape index (κ2) is 7.61. The number of hydrogen-bond acceptors (Lipinski definition) is 0. The van der Waals surface area contributed by atoms with Crippen molar-refractivity contribution in [2.75, 3.05) is 0 Å². The Hall–Kier alpha value is 0.217. The molecule has 177 valence electrons. The highest BCUT2D eigenvalue weighted by Crippen LogP contribution is 2.67. The van der Waals surface area contributed by atoms with Crippen LogP contribution in [0.3, 0.4) is 0 Å². The monoisotopic (exact) mass is 449 g/mol. The Morgan fingerprint density at radius 2 is 0.875 bits per heavy atom. The maximum Gasteiger partial charge on any atom is 0.0518 e. The fraction of sp³-hybridized carbons (Fsp3) is 1.00. The van der Waals surface area contributed by atoms with Crippen molar-refractivity contribution in [3.8, 4) is 0 Å². The molecule has 1 radical (unpaired) electrons. The lowest BCUT2D eigenvalue weighted by Gasteiger charge is -2.50. The first-order valence-electron chi connectivity index (χ1n) is 15.6. The summed E-state index contributed by atoms with van der Waals surface area (Å²) in [5.74, 6) is 14.2. The third kappa shape index (κ3) is 2.79. The van der Waals surface area contributed by atoms with Gasteiger partial charge in [0, 0.05) is 0 Å². The first-order valence-corrected chi connectivity index (χ1v) is 17.8. The molecule has 8 rings (SSSR count). The summed E-state index contributed by atoms with van der Waals surface area (Å²) in [5, 5.41) is 0. The zero-order chi connectivity index (χ0) is 21.0. The Kier molecular flexibility index (Phi) is 4.85. The Balaban J connectivity index is 1.03. The zero-order valence-corrected chi connectivity index (χ0v) is 21.9. The summed E-state index contributed by atoms with van der Waals surface area (Å²) in [6.07, 6.45) is 26.2. The second-order valence-electron chi connectivity index (χ2n) is 14.8. The van der Waals surface area contributed by atoms with Crippen molar-refractivity contribution in [3.05, 3.63) is 0 Å². The zero-order valence-electron chi connectivity index (χ0n) is 20.9. The normalized spacial score (nSPS) is 60.2. The van der Waals surface area contributed by atoms with Crippen LogP contribution in [0, 0.1) is 71.0 Å². The summed E-state index contributed by atoms with van der Waals surface area (Å²) in [6, 6.07) is 0. The van der Waals surface area contributed by atoms with Crippen LogP contribution >= 0.6 is 0 Å². The average Bonchev–Trinajstić information content (AvgIpc) is 3.60. The third-order valence-corrected chi connectivity index (χ3v) is 18.2. The minimum Gasteiger partial charge on any atom is -0.0706 e. The standard InChI is InChI=1S/C31H49Si/c1-32(28-14-12-22-24-6-2-4-18-8-10-20(30(18)24)16-26(22)28)29-15-13-23-25-7-3-5-19-9-11-21(31(19)25)17-27(23)29/h18-31H,2-17H2,1H3. The van der Waals surface area contributed by atoms with Crippen LogP contribution in [-0.2, 0) is 0 Å². The molecule has 0 aliphatic heterocycles. The van der Waals surface area contributed by atoms with Crippen molar-refractivity contribution in [2.24, 2.45) is 71.0 Å². The van der Waals surface area contributed by atoms with Gasteiger partial charge in [0.25, 0.3) is 0 Å². The molecule has 0 bridgehead atoms. The molecule has 14 unspecified atom stereocenters. The van der Waals surface area contributed by atoms with Crippen LogP contribution in [-0.4, -0.2) is 8.80 Å². The van der Waals surface area contributed by atoms with E-state index in [0.717, 1.165) is 0 Å². The van der Waals surface area contributed by atoms with Crippen molar-refractivity contribution < 1.29 is 0 Å². The van der Waals surface area contributed by atoms with E-state index in [1.165, 1.54) is 82.1 Å². The molecule has 1 heteroatoms. The fourth-order valence-electron chi connectivity index (χ4n) is 13.7. The molecular formula is C31H49Si. The van der Waals surface area contributed by atoms with Crippen molar-refractivity contribution >= 4 is 8.80 Å². The van der Waals surface area contributed by atoms with Crippen molar-refractivity contribution in [2.45, 2.75) is 120 Å². The van der Waals surface area contributed by atoms with Crippen LogP contribution in [0.1, 0.15) is 103 Å². The highest BCUT2D eigenvalue weighted by Gasteiger charge is 2.59. The maximum atomic E-state index is 2.90. The molecule has 8 saturated carbocycles. The highest BCUT2D eigenvalue weighted by atomic mass is 28.3. The lowest BCUT2D eigenvalue weighted by molar-refractivity contribution is 0.0151. The van der Waals surface area contributed by atoms with E-state index in [0.29, 0.717) is 0 Å². The number of fused-ring (bicyclic) bond motifs is 4. The van der Waals surface area contributed by atoms with Gasteiger partial charge in [-0.3, -0.25) is 0 Å². The molecule has 0 spiro atoms. The van der Waals surface area contributed by atoms with Crippen LogP contribution in [0.2, 0.25) is 17.6 Å². The van der Waals surface area contributed by atoms with E-state index < -0.39 is 0 Å². The Bertz CT molecular complexity index is 670. The Morgan fingerprint density at radius 3 is 1.38 bits per heavy atom. The molecule has 0 saturated heterocycles. The minimum atomic E-state index is -0.192. The van der Waals surface area contributed by atoms with Gasteiger partial charge in [-0.1, -0.05) is 45.1 Å². The molecule has 0 nitrogen and oxygen atoms in total. The molecule has 0 heterocycles. The van der Waals surface area contributed by atoms with Crippen LogP contribution in [0.15, 0.2) is 0 Å². The summed E-state index contributed by atoms with van der Waals surface area (Å²) >= 11 is 0. The van der Waals surface area contributed by atoms with Crippen LogP contribution in [0.5, 0.6) is 0 Å². The summed E-state index contributed by atoms with van der Waals surface area (Å²) in [4.78, 5) is 0. The summed E-state index contributed by atoms with van der Waals surface area (Å²) < 4.78 is 0. The van der Waals surface area contributed by atoms with E-state index in [9.17, 15) is 0 Å². The largest absolute Gasteiger partial charge is 0.0706 e. The van der Waals surface area contributed by atoms with Gasteiger partial charge in [-0.15, -0.1) is 0 Å². The topological polar surface area (TPSA) is 0 Å². The van der Waals surface area contributed by atoms with Crippen LogP contribution < -0.4 is 0 Å². The summed E-state index contributed by atoms with van der Waals surface area (Å²) in [7, 11) is -0.192. The molecule has 0 aromatic rings. The molecule has 0 N–H and O–H groups in total. The molecule has 32 heavy (non-hydrogen) atoms. The average molecular weight is 450 g/mol. The molecule has 8 fully saturated rings. The highest BCUT2D eigenvalue weighted by molar-refractivity contribution is 6.61. The van der Waals surface area contributed by atoms with Gasteiger partial charge in [-0.05, 0) is 146 Å². The van der Waals surface area contributed by atoms with E-state index >= 15 is 0 Å². The molecular weight excluding hydrogens is 400 g/mol. The second-order valence-corrected chi connectivity index (χ2v) is 17.7. The van der Waals surface area contributed by atoms with E-state index in [1.807, 2.05) is 0 Å². The molecule has 8 aliphatic rings. The van der Waals surface area contributed by atoms with Gasteiger partial charge < -0.3 is 0 Å². The fourth-order valence-corrected chi connectivity index (χ4v) is 17.6. The lowest BCUT2D eigenvalue weighted by Crippen LogP contribution is -2.44. The van der Waals surface area contributed by atoms with Gasteiger partial charge in [0.2, 0.25) is 0 Å². The van der Waals surface area contributed by atoms with Gasteiger partial charge >= 0.3 is 0 Å². The van der Waals surface area contributed by atoms with E-state index in [2.05, 4.69) is 6.55 Å². The maximum absolute atomic E-state index is 2.90. The lowest BCUT2D eigenvalue weighted by atomic mass is 9.58.